The maximum Gasteiger partial charge on any atom is 0.317 e. The summed E-state index contributed by atoms with van der Waals surface area (Å²) in [6, 6.07) is 1.98. The second-order valence-electron chi connectivity index (χ2n) is 5.65. The fourth-order valence-electron chi connectivity index (χ4n) is 2.53. The quantitative estimate of drug-likeness (QED) is 0.874. The summed E-state index contributed by atoms with van der Waals surface area (Å²) in [6.45, 7) is 6.10. The number of rotatable bonds is 5. The van der Waals surface area contributed by atoms with E-state index in [1.165, 1.54) is 5.56 Å². The van der Waals surface area contributed by atoms with E-state index in [-0.39, 0.29) is 12.1 Å². The Morgan fingerprint density at radius 2 is 2.43 bits per heavy atom. The highest BCUT2D eigenvalue weighted by molar-refractivity contribution is 7.07. The van der Waals surface area contributed by atoms with Gasteiger partial charge in [-0.25, -0.2) is 4.79 Å². The van der Waals surface area contributed by atoms with E-state index >= 15 is 0 Å². The molecule has 1 saturated heterocycles. The Labute approximate surface area is 129 Å². The van der Waals surface area contributed by atoms with Gasteiger partial charge in [-0.15, -0.1) is 0 Å². The van der Waals surface area contributed by atoms with Gasteiger partial charge in [0.05, 0.1) is 25.4 Å². The number of hydrogen-bond donors (Lipinski definition) is 2. The minimum Gasteiger partial charge on any atom is -0.393 e. The van der Waals surface area contributed by atoms with Crippen LogP contribution in [0.2, 0.25) is 0 Å². The third-order valence-electron chi connectivity index (χ3n) is 3.77. The molecule has 1 fully saturated rings. The van der Waals surface area contributed by atoms with Crippen LogP contribution in [0.4, 0.5) is 4.79 Å². The monoisotopic (exact) mass is 312 g/mol. The molecule has 0 unspecified atom stereocenters. The van der Waals surface area contributed by atoms with Gasteiger partial charge < -0.3 is 20.1 Å². The molecular weight excluding hydrogens is 288 g/mol. The van der Waals surface area contributed by atoms with E-state index in [0.29, 0.717) is 38.6 Å². The zero-order chi connectivity index (χ0) is 15.2. The molecule has 0 saturated carbocycles. The van der Waals surface area contributed by atoms with Crippen molar-refractivity contribution in [3.05, 3.63) is 22.4 Å². The molecule has 1 aromatic rings. The van der Waals surface area contributed by atoms with Crippen molar-refractivity contribution in [3.8, 4) is 0 Å². The van der Waals surface area contributed by atoms with Crippen molar-refractivity contribution in [1.29, 1.82) is 0 Å². The van der Waals surface area contributed by atoms with Crippen molar-refractivity contribution in [2.24, 2.45) is 0 Å². The summed E-state index contributed by atoms with van der Waals surface area (Å²) in [4.78, 5) is 14.1. The van der Waals surface area contributed by atoms with Crippen LogP contribution in [0.3, 0.4) is 0 Å². The van der Waals surface area contributed by atoms with Crippen molar-refractivity contribution in [2.45, 2.75) is 38.3 Å². The first kappa shape index (κ1) is 16.3. The zero-order valence-electron chi connectivity index (χ0n) is 12.6. The molecule has 0 aromatic carbocycles. The summed E-state index contributed by atoms with van der Waals surface area (Å²) in [5.41, 5.74) is 1.25. The minimum absolute atomic E-state index is 0.0461. The number of morpholine rings is 1. The van der Waals surface area contributed by atoms with Gasteiger partial charge in [0.15, 0.2) is 0 Å². The Morgan fingerprint density at radius 1 is 1.62 bits per heavy atom. The molecule has 6 heteroatoms. The summed E-state index contributed by atoms with van der Waals surface area (Å²) in [5, 5.41) is 16.7. The van der Waals surface area contributed by atoms with Crippen molar-refractivity contribution in [2.75, 3.05) is 26.3 Å². The molecule has 0 bridgehead atoms. The second kappa shape index (κ2) is 7.77. The van der Waals surface area contributed by atoms with E-state index in [9.17, 15) is 9.90 Å². The van der Waals surface area contributed by atoms with Gasteiger partial charge in [-0.3, -0.25) is 0 Å². The smallest absolute Gasteiger partial charge is 0.317 e. The van der Waals surface area contributed by atoms with Gasteiger partial charge in [-0.2, -0.15) is 11.3 Å². The van der Waals surface area contributed by atoms with Crippen LogP contribution in [0.25, 0.3) is 0 Å². The number of aliphatic hydroxyl groups excluding tert-OH is 1. The largest absolute Gasteiger partial charge is 0.393 e. The summed E-state index contributed by atoms with van der Waals surface area (Å²) >= 11 is 1.67. The number of nitrogens with one attached hydrogen (secondary N) is 1. The minimum atomic E-state index is -0.434. The van der Waals surface area contributed by atoms with Crippen LogP contribution in [0.15, 0.2) is 16.8 Å². The normalized spacial score (nSPS) is 21.9. The predicted molar refractivity (Wildman–Crippen MR) is 83.7 cm³/mol. The molecule has 2 heterocycles. The SMILES string of the molecule is C[C@H](O)C[C@H]1COCCN1C(=O)NC[C@H](C)c1ccsc1. The molecule has 5 nitrogen and oxygen atoms in total. The summed E-state index contributed by atoms with van der Waals surface area (Å²) in [6.07, 6.45) is 0.116. The molecule has 1 aliphatic rings. The Bertz CT molecular complexity index is 436. The van der Waals surface area contributed by atoms with Gasteiger partial charge in [0.1, 0.15) is 0 Å². The maximum atomic E-state index is 12.3. The van der Waals surface area contributed by atoms with Crippen LogP contribution in [0.5, 0.6) is 0 Å². The lowest BCUT2D eigenvalue weighted by atomic mass is 10.1. The molecule has 2 amide bonds. The Morgan fingerprint density at radius 3 is 3.10 bits per heavy atom. The number of carbonyl (C=O) groups excluding carboxylic acids is 1. The highest BCUT2D eigenvalue weighted by Crippen LogP contribution is 2.18. The maximum absolute atomic E-state index is 12.3. The van der Waals surface area contributed by atoms with E-state index in [1.807, 2.05) is 5.38 Å². The topological polar surface area (TPSA) is 61.8 Å². The first-order valence-electron chi connectivity index (χ1n) is 7.40. The van der Waals surface area contributed by atoms with Crippen LogP contribution in [0.1, 0.15) is 31.7 Å². The average Bonchev–Trinajstić information content (AvgIpc) is 2.98. The third kappa shape index (κ3) is 4.69. The van der Waals surface area contributed by atoms with Crippen molar-refractivity contribution in [3.63, 3.8) is 0 Å². The molecule has 2 N–H and O–H groups in total. The van der Waals surface area contributed by atoms with Crippen molar-refractivity contribution >= 4 is 17.4 Å². The van der Waals surface area contributed by atoms with Gasteiger partial charge in [0.25, 0.3) is 0 Å². The predicted octanol–water partition coefficient (Wildman–Crippen LogP) is 2.03. The average molecular weight is 312 g/mol. The van der Waals surface area contributed by atoms with Gasteiger partial charge in [0.2, 0.25) is 0 Å². The standard InChI is InChI=1S/C15H24N2O3S/c1-11(13-3-6-21-10-13)8-16-15(19)17-4-5-20-9-14(17)7-12(2)18/h3,6,10-12,14,18H,4-5,7-9H2,1-2H3,(H,16,19)/t11-,12-,14-/m0/s1. The number of urea groups is 1. The van der Waals surface area contributed by atoms with E-state index in [4.69, 9.17) is 4.74 Å². The molecule has 1 aromatic heterocycles. The van der Waals surface area contributed by atoms with E-state index in [0.717, 1.165) is 0 Å². The number of ether oxygens (including phenoxy) is 1. The molecule has 1 aliphatic heterocycles. The van der Waals surface area contributed by atoms with Gasteiger partial charge in [-0.1, -0.05) is 6.92 Å². The lowest BCUT2D eigenvalue weighted by Crippen LogP contribution is -2.53. The Hall–Kier alpha value is -1.11. The molecule has 0 radical (unpaired) electrons. The fraction of sp³-hybridized carbons (Fsp3) is 0.667. The third-order valence-corrected chi connectivity index (χ3v) is 4.47. The molecule has 0 aliphatic carbocycles. The lowest BCUT2D eigenvalue weighted by molar-refractivity contribution is -0.00432. The van der Waals surface area contributed by atoms with Crippen LogP contribution in [-0.4, -0.2) is 54.5 Å². The molecule has 118 valence electrons. The number of thiophene rings is 1. The lowest BCUT2D eigenvalue weighted by Gasteiger charge is -2.36. The number of carbonyl (C=O) groups is 1. The van der Waals surface area contributed by atoms with Crippen molar-refractivity contribution in [1.82, 2.24) is 10.2 Å². The first-order valence-corrected chi connectivity index (χ1v) is 8.34. The zero-order valence-corrected chi connectivity index (χ0v) is 13.4. The first-order chi connectivity index (χ1) is 10.1. The van der Waals surface area contributed by atoms with Crippen LogP contribution in [0, 0.1) is 0 Å². The number of nitrogens with zero attached hydrogens (tertiary/aromatic N) is 1. The summed E-state index contributed by atoms with van der Waals surface area (Å²) in [7, 11) is 0. The van der Waals surface area contributed by atoms with E-state index in [1.54, 1.807) is 23.2 Å². The number of aliphatic hydroxyl groups is 1. The Kier molecular flexibility index (Phi) is 6.02. The molecular formula is C15H24N2O3S. The van der Waals surface area contributed by atoms with Crippen LogP contribution in [-0.2, 0) is 4.74 Å². The van der Waals surface area contributed by atoms with Crippen LogP contribution < -0.4 is 5.32 Å². The number of hydrogen-bond acceptors (Lipinski definition) is 4. The highest BCUT2D eigenvalue weighted by atomic mass is 32.1. The molecule has 0 spiro atoms. The van der Waals surface area contributed by atoms with E-state index < -0.39 is 6.10 Å². The number of amides is 2. The summed E-state index contributed by atoms with van der Waals surface area (Å²) < 4.78 is 5.42. The second-order valence-corrected chi connectivity index (χ2v) is 6.43. The molecule has 21 heavy (non-hydrogen) atoms. The molecule has 2 rings (SSSR count). The fourth-order valence-corrected chi connectivity index (χ4v) is 3.31. The van der Waals surface area contributed by atoms with Crippen LogP contribution >= 0.6 is 11.3 Å². The van der Waals surface area contributed by atoms with E-state index in [2.05, 4.69) is 23.7 Å². The Balaban J connectivity index is 1.85. The van der Waals surface area contributed by atoms with Gasteiger partial charge in [0, 0.05) is 13.1 Å². The summed E-state index contributed by atoms with van der Waals surface area (Å²) in [5.74, 6) is 0.302. The molecule has 3 atom stereocenters. The van der Waals surface area contributed by atoms with Crippen molar-refractivity contribution < 1.29 is 14.6 Å². The van der Waals surface area contributed by atoms with Gasteiger partial charge >= 0.3 is 6.03 Å². The van der Waals surface area contributed by atoms with Gasteiger partial charge in [-0.05, 0) is 41.7 Å². The highest BCUT2D eigenvalue weighted by Gasteiger charge is 2.28.